The fourth-order valence-electron chi connectivity index (χ4n) is 1.21. The second-order valence-corrected chi connectivity index (χ2v) is 5.86. The molecule has 0 radical (unpaired) electrons. The zero-order chi connectivity index (χ0) is 15.3. The maximum Gasteiger partial charge on any atom is 0.407 e. The molecule has 0 aliphatic heterocycles. The van der Waals surface area contributed by atoms with Crippen LogP contribution in [0.1, 0.15) is 27.7 Å². The van der Waals surface area contributed by atoms with Gasteiger partial charge in [0.25, 0.3) is 0 Å². The number of aromatic nitrogens is 2. The van der Waals surface area contributed by atoms with E-state index in [2.05, 4.69) is 15.3 Å². The molecule has 0 spiro atoms. The van der Waals surface area contributed by atoms with Crippen LogP contribution in [0.4, 0.5) is 4.79 Å². The zero-order valence-corrected chi connectivity index (χ0v) is 13.2. The Labute approximate surface area is 127 Å². The third-order valence-corrected chi connectivity index (χ3v) is 2.50. The molecule has 0 aromatic carbocycles. The van der Waals surface area contributed by atoms with E-state index in [1.54, 1.807) is 27.7 Å². The third-order valence-electron chi connectivity index (χ3n) is 1.96. The van der Waals surface area contributed by atoms with Crippen LogP contribution in [0, 0.1) is 0 Å². The van der Waals surface area contributed by atoms with Crippen LogP contribution in [-0.2, 0) is 4.74 Å². The molecule has 1 N–H and O–H groups in total. The van der Waals surface area contributed by atoms with Gasteiger partial charge in [-0.15, -0.1) is 0 Å². The van der Waals surface area contributed by atoms with Gasteiger partial charge in [0.1, 0.15) is 18.5 Å². The second-order valence-electron chi connectivity index (χ2n) is 5.14. The van der Waals surface area contributed by atoms with Crippen molar-refractivity contribution in [2.45, 2.75) is 39.3 Å². The van der Waals surface area contributed by atoms with Gasteiger partial charge >= 0.3 is 6.09 Å². The molecule has 20 heavy (non-hydrogen) atoms. The Morgan fingerprint density at radius 2 is 1.90 bits per heavy atom. The fraction of sp³-hybridized carbons (Fsp3) is 0.583. The van der Waals surface area contributed by atoms with Crippen LogP contribution in [-0.4, -0.2) is 34.3 Å². The lowest BCUT2D eigenvalue weighted by molar-refractivity contribution is 0.0494. The number of hydrogen-bond acceptors (Lipinski definition) is 5. The van der Waals surface area contributed by atoms with Gasteiger partial charge < -0.3 is 14.8 Å². The molecule has 1 aromatic rings. The van der Waals surface area contributed by atoms with Crippen LogP contribution < -0.4 is 10.1 Å². The first-order valence-electron chi connectivity index (χ1n) is 5.97. The summed E-state index contributed by atoms with van der Waals surface area (Å²) in [5.74, 6) is 0.189. The molecule has 1 rings (SSSR count). The fourth-order valence-corrected chi connectivity index (χ4v) is 1.63. The number of hydrogen-bond donors (Lipinski definition) is 1. The van der Waals surface area contributed by atoms with E-state index in [0.717, 1.165) is 0 Å². The van der Waals surface area contributed by atoms with Gasteiger partial charge in [-0.05, 0) is 27.7 Å². The normalized spacial score (nSPS) is 12.7. The Morgan fingerprint density at radius 1 is 1.35 bits per heavy atom. The molecule has 1 amide bonds. The number of alkyl carbamates (subject to hydrolysis) is 1. The van der Waals surface area contributed by atoms with Gasteiger partial charge in [0.05, 0.1) is 6.04 Å². The molecule has 0 bridgehead atoms. The first-order valence-corrected chi connectivity index (χ1v) is 6.73. The maximum atomic E-state index is 11.5. The highest BCUT2D eigenvalue weighted by Gasteiger charge is 2.18. The van der Waals surface area contributed by atoms with E-state index < -0.39 is 11.7 Å². The van der Waals surface area contributed by atoms with Gasteiger partial charge in [-0.1, -0.05) is 23.2 Å². The molecule has 0 aliphatic carbocycles. The smallest absolute Gasteiger partial charge is 0.407 e. The van der Waals surface area contributed by atoms with E-state index >= 15 is 0 Å². The van der Waals surface area contributed by atoms with E-state index in [0.29, 0.717) is 0 Å². The second kappa shape index (κ2) is 6.95. The molecule has 1 heterocycles. The summed E-state index contributed by atoms with van der Waals surface area (Å²) in [6.45, 7) is 7.28. The number of nitrogens with zero attached hydrogens (tertiary/aromatic N) is 2. The van der Waals surface area contributed by atoms with Crippen LogP contribution in [0.3, 0.4) is 0 Å². The summed E-state index contributed by atoms with van der Waals surface area (Å²) >= 11 is 11.7. The molecule has 112 valence electrons. The van der Waals surface area contributed by atoms with Crippen LogP contribution in [0.5, 0.6) is 5.75 Å². The summed E-state index contributed by atoms with van der Waals surface area (Å²) in [4.78, 5) is 19.1. The molecule has 0 saturated heterocycles. The molecule has 0 saturated carbocycles. The van der Waals surface area contributed by atoms with Gasteiger partial charge in [-0.25, -0.2) is 14.8 Å². The number of nitrogens with one attached hydrogen (secondary N) is 1. The van der Waals surface area contributed by atoms with Crippen LogP contribution in [0.15, 0.2) is 6.33 Å². The van der Waals surface area contributed by atoms with Crippen molar-refractivity contribution in [2.24, 2.45) is 0 Å². The van der Waals surface area contributed by atoms with Crippen molar-refractivity contribution in [1.29, 1.82) is 0 Å². The standard InChI is InChI=1S/C12H17Cl2N3O3/c1-7(17-11(18)20-12(2,3)4)5-19-8-9(13)15-6-16-10(8)14/h6-7H,5H2,1-4H3,(H,17,18). The minimum absolute atomic E-state index is 0.120. The van der Waals surface area contributed by atoms with Crippen LogP contribution in [0.25, 0.3) is 0 Å². The molecular weight excluding hydrogens is 305 g/mol. The van der Waals surface area contributed by atoms with Gasteiger partial charge in [-0.3, -0.25) is 0 Å². The van der Waals surface area contributed by atoms with Crippen molar-refractivity contribution >= 4 is 29.3 Å². The largest absolute Gasteiger partial charge is 0.485 e. The number of rotatable bonds is 4. The monoisotopic (exact) mass is 321 g/mol. The SMILES string of the molecule is CC(COc1c(Cl)ncnc1Cl)NC(=O)OC(C)(C)C. The predicted molar refractivity (Wildman–Crippen MR) is 76.4 cm³/mol. The summed E-state index contributed by atoms with van der Waals surface area (Å²) in [7, 11) is 0. The Bertz CT molecular complexity index is 457. The highest BCUT2D eigenvalue weighted by atomic mass is 35.5. The molecule has 0 fully saturated rings. The summed E-state index contributed by atoms with van der Waals surface area (Å²) in [6.07, 6.45) is 0.718. The Morgan fingerprint density at radius 3 is 2.40 bits per heavy atom. The summed E-state index contributed by atoms with van der Waals surface area (Å²) < 4.78 is 10.5. The first-order chi connectivity index (χ1) is 9.19. The van der Waals surface area contributed by atoms with E-state index in [9.17, 15) is 4.79 Å². The molecule has 0 aliphatic rings. The van der Waals surface area contributed by atoms with Gasteiger partial charge in [-0.2, -0.15) is 0 Å². The molecule has 1 unspecified atom stereocenters. The lowest BCUT2D eigenvalue weighted by atomic mass is 10.2. The molecule has 8 heteroatoms. The van der Waals surface area contributed by atoms with Gasteiger partial charge in [0, 0.05) is 0 Å². The summed E-state index contributed by atoms with van der Waals surface area (Å²) in [6, 6.07) is -0.294. The molecule has 6 nitrogen and oxygen atoms in total. The lowest BCUT2D eigenvalue weighted by Gasteiger charge is -2.22. The summed E-state index contributed by atoms with van der Waals surface area (Å²) in [5, 5.41) is 2.87. The van der Waals surface area contributed by atoms with E-state index in [-0.39, 0.29) is 28.7 Å². The number of carbonyl (C=O) groups excluding carboxylic acids is 1. The van der Waals surface area contributed by atoms with Crippen molar-refractivity contribution < 1.29 is 14.3 Å². The molecular formula is C12H17Cl2N3O3. The van der Waals surface area contributed by atoms with E-state index in [1.165, 1.54) is 6.33 Å². The van der Waals surface area contributed by atoms with Crippen molar-refractivity contribution in [3.63, 3.8) is 0 Å². The number of carbonyl (C=O) groups is 1. The quantitative estimate of drug-likeness (QED) is 0.863. The van der Waals surface area contributed by atoms with Crippen LogP contribution in [0.2, 0.25) is 10.3 Å². The molecule has 1 aromatic heterocycles. The Kier molecular flexibility index (Phi) is 5.83. The number of halogens is 2. The highest BCUT2D eigenvalue weighted by molar-refractivity contribution is 6.35. The Hall–Kier alpha value is -1.27. The van der Waals surface area contributed by atoms with Crippen molar-refractivity contribution in [3.05, 3.63) is 16.6 Å². The number of ether oxygens (including phenoxy) is 2. The summed E-state index contributed by atoms with van der Waals surface area (Å²) in [5.41, 5.74) is -0.551. The average molecular weight is 322 g/mol. The van der Waals surface area contributed by atoms with Crippen LogP contribution >= 0.6 is 23.2 Å². The minimum atomic E-state index is -0.551. The minimum Gasteiger partial charge on any atom is -0.485 e. The molecule has 1 atom stereocenters. The van der Waals surface area contributed by atoms with E-state index in [4.69, 9.17) is 32.7 Å². The van der Waals surface area contributed by atoms with Crippen molar-refractivity contribution in [1.82, 2.24) is 15.3 Å². The third kappa shape index (κ3) is 5.79. The maximum absolute atomic E-state index is 11.5. The highest BCUT2D eigenvalue weighted by Crippen LogP contribution is 2.28. The van der Waals surface area contributed by atoms with Gasteiger partial charge in [0.2, 0.25) is 0 Å². The van der Waals surface area contributed by atoms with E-state index in [1.807, 2.05) is 0 Å². The topological polar surface area (TPSA) is 73.3 Å². The van der Waals surface area contributed by atoms with Gasteiger partial charge in [0.15, 0.2) is 16.1 Å². The van der Waals surface area contributed by atoms with Crippen molar-refractivity contribution in [3.8, 4) is 5.75 Å². The zero-order valence-electron chi connectivity index (χ0n) is 11.7. The number of amides is 1. The average Bonchev–Trinajstić information content (AvgIpc) is 2.25. The predicted octanol–water partition coefficient (Wildman–Crippen LogP) is 3.08. The first kappa shape index (κ1) is 16.8. The van der Waals surface area contributed by atoms with Crippen molar-refractivity contribution in [2.75, 3.05) is 6.61 Å². The Balaban J connectivity index is 2.48. The lowest BCUT2D eigenvalue weighted by Crippen LogP contribution is -2.40.